The Labute approximate surface area is 156 Å². The van der Waals surface area contributed by atoms with Crippen molar-refractivity contribution >= 4 is 22.4 Å². The summed E-state index contributed by atoms with van der Waals surface area (Å²) in [6.45, 7) is 3.74. The zero-order chi connectivity index (χ0) is 18.8. The molecule has 1 saturated heterocycles. The van der Waals surface area contributed by atoms with Crippen LogP contribution in [0.3, 0.4) is 0 Å². The Bertz CT molecular complexity index is 1020. The number of nitrogens with zero attached hydrogens (tertiary/aromatic N) is 5. The molecule has 7 heteroatoms. The van der Waals surface area contributed by atoms with E-state index < -0.39 is 0 Å². The minimum Gasteiger partial charge on any atom is -0.383 e. The molecule has 2 N–H and O–H groups in total. The molecule has 2 heterocycles. The van der Waals surface area contributed by atoms with E-state index in [1.807, 2.05) is 24.3 Å². The zero-order valence-corrected chi connectivity index (χ0v) is 14.8. The van der Waals surface area contributed by atoms with Gasteiger partial charge in [-0.05, 0) is 30.3 Å². The van der Waals surface area contributed by atoms with E-state index in [1.54, 1.807) is 6.07 Å². The quantitative estimate of drug-likeness (QED) is 0.771. The topological polar surface area (TPSA) is 82.1 Å². The molecule has 0 amide bonds. The van der Waals surface area contributed by atoms with Crippen LogP contribution in [0.25, 0.3) is 10.9 Å². The zero-order valence-electron chi connectivity index (χ0n) is 14.8. The number of anilines is 2. The van der Waals surface area contributed by atoms with Gasteiger partial charge in [-0.2, -0.15) is 5.26 Å². The highest BCUT2D eigenvalue weighted by atomic mass is 19.1. The number of rotatable bonds is 3. The summed E-state index contributed by atoms with van der Waals surface area (Å²) in [5.41, 5.74) is 8.07. The molecule has 0 radical (unpaired) electrons. The van der Waals surface area contributed by atoms with Crippen molar-refractivity contribution in [3.8, 4) is 6.07 Å². The predicted octanol–water partition coefficient (Wildman–Crippen LogP) is 2.54. The molecule has 0 unspecified atom stereocenters. The van der Waals surface area contributed by atoms with Crippen LogP contribution in [-0.4, -0.2) is 41.0 Å². The molecule has 2 aromatic carbocycles. The lowest BCUT2D eigenvalue weighted by Gasteiger charge is -2.36. The lowest BCUT2D eigenvalue weighted by Crippen LogP contribution is -2.46. The molecule has 1 aliphatic heterocycles. The first-order chi connectivity index (χ1) is 13.1. The summed E-state index contributed by atoms with van der Waals surface area (Å²) in [5, 5.41) is 10.1. The van der Waals surface area contributed by atoms with Gasteiger partial charge in [-0.15, -0.1) is 0 Å². The van der Waals surface area contributed by atoms with Crippen LogP contribution in [0.1, 0.15) is 11.4 Å². The average Bonchev–Trinajstić information content (AvgIpc) is 2.69. The van der Waals surface area contributed by atoms with E-state index in [4.69, 9.17) is 5.73 Å². The maximum absolute atomic E-state index is 13.3. The molecule has 0 aliphatic carbocycles. The average molecular weight is 362 g/mol. The van der Waals surface area contributed by atoms with Crippen LogP contribution in [0.15, 0.2) is 42.5 Å². The van der Waals surface area contributed by atoms with Crippen molar-refractivity contribution in [2.75, 3.05) is 36.8 Å². The predicted molar refractivity (Wildman–Crippen MR) is 103 cm³/mol. The summed E-state index contributed by atoms with van der Waals surface area (Å²) < 4.78 is 13.3. The molecular formula is C20H19FN6. The van der Waals surface area contributed by atoms with E-state index in [0.29, 0.717) is 23.8 Å². The van der Waals surface area contributed by atoms with Crippen molar-refractivity contribution in [3.05, 3.63) is 59.7 Å². The molecule has 1 aromatic heterocycles. The fourth-order valence-electron chi connectivity index (χ4n) is 3.44. The monoisotopic (exact) mass is 362 g/mol. The van der Waals surface area contributed by atoms with Gasteiger partial charge in [-0.1, -0.05) is 12.1 Å². The first-order valence-electron chi connectivity index (χ1n) is 8.82. The van der Waals surface area contributed by atoms with Crippen LogP contribution in [-0.2, 0) is 6.54 Å². The van der Waals surface area contributed by atoms with Crippen LogP contribution < -0.4 is 10.6 Å². The molecular weight excluding hydrogens is 343 g/mol. The van der Waals surface area contributed by atoms with Gasteiger partial charge >= 0.3 is 0 Å². The third-order valence-corrected chi connectivity index (χ3v) is 4.84. The smallest absolute Gasteiger partial charge is 0.145 e. The normalized spacial score (nSPS) is 15.0. The van der Waals surface area contributed by atoms with Crippen molar-refractivity contribution in [1.29, 1.82) is 5.26 Å². The van der Waals surface area contributed by atoms with Gasteiger partial charge in [0.25, 0.3) is 0 Å². The van der Waals surface area contributed by atoms with Crippen LogP contribution in [0.2, 0.25) is 0 Å². The molecule has 1 fully saturated rings. The van der Waals surface area contributed by atoms with Gasteiger partial charge in [0, 0.05) is 31.6 Å². The van der Waals surface area contributed by atoms with E-state index in [9.17, 15) is 9.65 Å². The molecule has 3 aromatic rings. The van der Waals surface area contributed by atoms with Crippen molar-refractivity contribution < 1.29 is 4.39 Å². The molecule has 136 valence electrons. The summed E-state index contributed by atoms with van der Waals surface area (Å²) in [7, 11) is 0. The summed E-state index contributed by atoms with van der Waals surface area (Å²) >= 11 is 0. The minimum absolute atomic E-state index is 0.370. The first-order valence-corrected chi connectivity index (χ1v) is 8.82. The molecule has 4 rings (SSSR count). The van der Waals surface area contributed by atoms with Crippen LogP contribution in [0.4, 0.5) is 15.9 Å². The number of benzene rings is 2. The van der Waals surface area contributed by atoms with Crippen LogP contribution in [0, 0.1) is 17.1 Å². The highest BCUT2D eigenvalue weighted by Gasteiger charge is 2.20. The maximum atomic E-state index is 13.3. The third kappa shape index (κ3) is 3.52. The van der Waals surface area contributed by atoms with Gasteiger partial charge in [-0.3, -0.25) is 4.90 Å². The van der Waals surface area contributed by atoms with Crippen molar-refractivity contribution in [2.24, 2.45) is 0 Å². The highest BCUT2D eigenvalue weighted by molar-refractivity contribution is 5.87. The first kappa shape index (κ1) is 17.2. The standard InChI is InChI=1S/C20H19FN6/c21-15-5-6-18(14(11-15)12-22)27-9-7-26(8-10-27)13-19-24-17-4-2-1-3-16(17)20(23)25-19/h1-6,11H,7-10,13H2,(H2,23,24,25). The number of halogens is 1. The minimum atomic E-state index is -0.389. The van der Waals surface area contributed by atoms with E-state index in [2.05, 4.69) is 25.8 Å². The Balaban J connectivity index is 1.45. The Morgan fingerprint density at radius 2 is 1.85 bits per heavy atom. The van der Waals surface area contributed by atoms with E-state index >= 15 is 0 Å². The molecule has 6 nitrogen and oxygen atoms in total. The highest BCUT2D eigenvalue weighted by Crippen LogP contribution is 2.23. The molecule has 0 spiro atoms. The van der Waals surface area contributed by atoms with Gasteiger partial charge in [0.05, 0.1) is 23.3 Å². The fraction of sp³-hybridized carbons (Fsp3) is 0.250. The van der Waals surface area contributed by atoms with Crippen molar-refractivity contribution in [3.63, 3.8) is 0 Å². The second kappa shape index (κ2) is 7.17. The van der Waals surface area contributed by atoms with Crippen LogP contribution in [0.5, 0.6) is 0 Å². The SMILES string of the molecule is N#Cc1cc(F)ccc1N1CCN(Cc2nc(N)c3ccccc3n2)CC1. The van der Waals surface area contributed by atoms with Crippen LogP contribution >= 0.6 is 0 Å². The lowest BCUT2D eigenvalue weighted by molar-refractivity contribution is 0.244. The summed E-state index contributed by atoms with van der Waals surface area (Å²) in [6, 6.07) is 14.2. The molecule has 1 aliphatic rings. The Morgan fingerprint density at radius 1 is 1.07 bits per heavy atom. The Hall–Kier alpha value is -3.24. The number of aromatic nitrogens is 2. The number of nitrogens with two attached hydrogens (primary N) is 1. The number of hydrogen-bond donors (Lipinski definition) is 1. The third-order valence-electron chi connectivity index (χ3n) is 4.84. The molecule has 27 heavy (non-hydrogen) atoms. The van der Waals surface area contributed by atoms with E-state index in [1.165, 1.54) is 12.1 Å². The molecule has 0 saturated carbocycles. The number of piperazine rings is 1. The van der Waals surface area contributed by atoms with Gasteiger partial charge in [0.15, 0.2) is 0 Å². The second-order valence-electron chi connectivity index (χ2n) is 6.58. The number of para-hydroxylation sites is 1. The lowest BCUT2D eigenvalue weighted by atomic mass is 10.1. The number of nitriles is 1. The Kier molecular flexibility index (Phi) is 4.57. The number of fused-ring (bicyclic) bond motifs is 1. The van der Waals surface area contributed by atoms with Gasteiger partial charge in [0.1, 0.15) is 23.5 Å². The fourth-order valence-corrected chi connectivity index (χ4v) is 3.44. The second-order valence-corrected chi connectivity index (χ2v) is 6.58. The van der Waals surface area contributed by atoms with E-state index in [-0.39, 0.29) is 5.82 Å². The van der Waals surface area contributed by atoms with Crippen molar-refractivity contribution in [1.82, 2.24) is 14.9 Å². The van der Waals surface area contributed by atoms with Gasteiger partial charge in [-0.25, -0.2) is 14.4 Å². The number of nitrogen functional groups attached to an aromatic ring is 1. The Morgan fingerprint density at radius 3 is 2.63 bits per heavy atom. The maximum Gasteiger partial charge on any atom is 0.145 e. The van der Waals surface area contributed by atoms with Crippen molar-refractivity contribution in [2.45, 2.75) is 6.54 Å². The molecule has 0 atom stereocenters. The summed E-state index contributed by atoms with van der Waals surface area (Å²) in [5.74, 6) is 0.818. The number of hydrogen-bond acceptors (Lipinski definition) is 6. The summed E-state index contributed by atoms with van der Waals surface area (Å²) in [4.78, 5) is 13.4. The van der Waals surface area contributed by atoms with E-state index in [0.717, 1.165) is 42.8 Å². The summed E-state index contributed by atoms with van der Waals surface area (Å²) in [6.07, 6.45) is 0. The van der Waals surface area contributed by atoms with Gasteiger partial charge < -0.3 is 10.6 Å². The largest absolute Gasteiger partial charge is 0.383 e. The molecule has 0 bridgehead atoms. The van der Waals surface area contributed by atoms with Gasteiger partial charge in [0.2, 0.25) is 0 Å².